The van der Waals surface area contributed by atoms with E-state index in [0.717, 1.165) is 22.3 Å². The summed E-state index contributed by atoms with van der Waals surface area (Å²) in [6.07, 6.45) is -0.706. The van der Waals surface area contributed by atoms with E-state index in [9.17, 15) is 14.9 Å². The number of fused-ring (bicyclic) bond motifs is 2. The average molecular weight is 891 g/mol. The molecule has 7 rings (SSSR count). The van der Waals surface area contributed by atoms with Crippen LogP contribution in [0.25, 0.3) is 0 Å². The Morgan fingerprint density at radius 3 is 1.94 bits per heavy atom. The van der Waals surface area contributed by atoms with Crippen LogP contribution in [-0.2, 0) is 24.1 Å². The Kier molecular flexibility index (Phi) is 14.5. The predicted molar refractivity (Wildman–Crippen MR) is 246 cm³/mol. The van der Waals surface area contributed by atoms with Crippen molar-refractivity contribution < 1.29 is 32.7 Å². The van der Waals surface area contributed by atoms with E-state index in [2.05, 4.69) is 50.3 Å². The molecule has 2 fully saturated rings. The molecular formula is C50H59N4O9P. The summed E-state index contributed by atoms with van der Waals surface area (Å²) < 4.78 is 51.1. The molecule has 2 aliphatic rings. The van der Waals surface area contributed by atoms with Gasteiger partial charge >= 0.3 is 5.69 Å². The third-order valence-corrected chi connectivity index (χ3v) is 14.4. The molecule has 7 atom stereocenters. The van der Waals surface area contributed by atoms with Crippen molar-refractivity contribution in [3.8, 4) is 23.3 Å². The maximum Gasteiger partial charge on any atom is 0.330 e. The Labute approximate surface area is 376 Å². The van der Waals surface area contributed by atoms with Gasteiger partial charge in [-0.25, -0.2) is 9.46 Å². The minimum Gasteiger partial charge on any atom is -0.497 e. The van der Waals surface area contributed by atoms with Gasteiger partial charge in [-0.3, -0.25) is 14.3 Å². The molecule has 4 aromatic carbocycles. The highest BCUT2D eigenvalue weighted by Crippen LogP contribution is 2.63. The van der Waals surface area contributed by atoms with Gasteiger partial charge in [-0.15, -0.1) is 0 Å². The number of hydrogen-bond donors (Lipinski definition) is 1. The van der Waals surface area contributed by atoms with Crippen molar-refractivity contribution in [2.45, 2.75) is 96.6 Å². The third-order valence-electron chi connectivity index (χ3n) is 12.3. The largest absolute Gasteiger partial charge is 0.497 e. The van der Waals surface area contributed by atoms with Crippen LogP contribution in [0.5, 0.6) is 17.2 Å². The predicted octanol–water partition coefficient (Wildman–Crippen LogP) is 8.82. The fraction of sp³-hybridized carbons (Fsp3) is 0.420. The molecule has 64 heavy (non-hydrogen) atoms. The molecule has 1 unspecified atom stereocenters. The van der Waals surface area contributed by atoms with Gasteiger partial charge in [0.25, 0.3) is 14.1 Å². The number of nitrogens with one attached hydrogen (secondary N) is 1. The van der Waals surface area contributed by atoms with Crippen LogP contribution in [0, 0.1) is 37.0 Å². The average Bonchev–Trinajstić information content (AvgIpc) is 3.71. The summed E-state index contributed by atoms with van der Waals surface area (Å²) in [5.41, 5.74) is 0.106. The van der Waals surface area contributed by atoms with Gasteiger partial charge in [0, 0.05) is 35.7 Å². The molecule has 2 bridgehead atoms. The number of aromatic amines is 1. The molecule has 14 heteroatoms. The van der Waals surface area contributed by atoms with E-state index < -0.39 is 55.3 Å². The number of aromatic nitrogens is 2. The summed E-state index contributed by atoms with van der Waals surface area (Å²) >= 11 is 0. The summed E-state index contributed by atoms with van der Waals surface area (Å²) in [5.74, 6) is 1.15. The number of methoxy groups -OCH3 is 2. The molecule has 1 aliphatic heterocycles. The van der Waals surface area contributed by atoms with Crippen LogP contribution in [-0.4, -0.2) is 71.5 Å². The maximum absolute atomic E-state index is 13.9. The quantitative estimate of drug-likeness (QED) is 0.0482. The number of H-pyrrole nitrogens is 1. The molecule has 1 aromatic heterocycles. The normalized spacial score (nSPS) is 22.2. The number of hydrogen-bond acceptors (Lipinski definition) is 11. The first-order chi connectivity index (χ1) is 30.8. The van der Waals surface area contributed by atoms with Gasteiger partial charge in [0.05, 0.1) is 39.9 Å². The lowest BCUT2D eigenvalue weighted by molar-refractivity contribution is -0.215. The fourth-order valence-electron chi connectivity index (χ4n) is 9.29. The van der Waals surface area contributed by atoms with Crippen LogP contribution >= 0.6 is 8.53 Å². The number of nitrogens with zero attached hydrogens (tertiary/aromatic N) is 3. The van der Waals surface area contributed by atoms with Crippen LogP contribution in [0.1, 0.15) is 75.1 Å². The van der Waals surface area contributed by atoms with Crippen LogP contribution in [0.2, 0.25) is 0 Å². The summed E-state index contributed by atoms with van der Waals surface area (Å²) in [6.45, 7) is 14.1. The Morgan fingerprint density at radius 1 is 0.828 bits per heavy atom. The second-order valence-electron chi connectivity index (χ2n) is 17.1. The van der Waals surface area contributed by atoms with Gasteiger partial charge in [0.1, 0.15) is 41.3 Å². The van der Waals surface area contributed by atoms with E-state index in [0.29, 0.717) is 22.8 Å². The molecule has 5 aromatic rings. The standard InChI is InChI=1S/C50H59N4O9P/c1-32(2)54(33(3)4)64(60-29-13-28-51)63-45-43-36(7)44(61-42-22-16-34(5)17-23-42)49(45,62-47(43)53-30-35(6)46(55)52-48(53)56)31-59-50(37-14-11-10-12-15-37,38-18-24-40(57-8)25-19-38)39-20-26-41(58-9)27-21-39/h10-12,14-27,30,32-33,36,43-45,47H,13,29,31H2,1-9H3,(H,52,55,56)/t36-,43+,44+,45-,47+,49-,64?/m0/s1. The first-order valence-electron chi connectivity index (χ1n) is 21.7. The zero-order valence-corrected chi connectivity index (χ0v) is 38.9. The molecule has 0 radical (unpaired) electrons. The van der Waals surface area contributed by atoms with Crippen LogP contribution in [0.4, 0.5) is 0 Å². The molecule has 1 aliphatic carbocycles. The molecule has 0 spiro atoms. The van der Waals surface area contributed by atoms with Crippen molar-refractivity contribution in [3.05, 3.63) is 158 Å². The first kappa shape index (κ1) is 46.7. The van der Waals surface area contributed by atoms with Gasteiger partial charge < -0.3 is 32.7 Å². The highest BCUT2D eigenvalue weighted by atomic mass is 31.2. The second-order valence-corrected chi connectivity index (χ2v) is 18.5. The lowest BCUT2D eigenvalue weighted by Crippen LogP contribution is -2.57. The molecule has 2 heterocycles. The first-order valence-corrected chi connectivity index (χ1v) is 22.9. The SMILES string of the molecule is COc1ccc(C(OC[C@]23O[C@@H](n4cc(C)c(=O)[nH]c4=O)[C@H]([C@H](C)[C@H]2Oc2ccc(C)cc2)[C@@H]3OP(OCCC#N)N(C(C)C)C(C)C)(c2ccccc2)c2ccc(OC)cc2)cc1. The van der Waals surface area contributed by atoms with Crippen molar-refractivity contribution in [2.75, 3.05) is 27.4 Å². The topological polar surface area (TPSA) is 147 Å². The molecule has 338 valence electrons. The molecule has 1 saturated carbocycles. The van der Waals surface area contributed by atoms with Gasteiger partial charge in [-0.2, -0.15) is 5.26 Å². The van der Waals surface area contributed by atoms with Gasteiger partial charge in [-0.1, -0.05) is 79.2 Å². The molecule has 1 N–H and O–H groups in total. The van der Waals surface area contributed by atoms with Crippen molar-refractivity contribution in [1.82, 2.24) is 14.2 Å². The minimum atomic E-state index is -1.84. The van der Waals surface area contributed by atoms with Gasteiger partial charge in [0.15, 0.2) is 5.60 Å². The Morgan fingerprint density at radius 2 is 1.39 bits per heavy atom. The molecule has 1 saturated heterocycles. The lowest BCUT2D eigenvalue weighted by Gasteiger charge is -2.45. The smallest absolute Gasteiger partial charge is 0.330 e. The maximum atomic E-state index is 13.9. The van der Waals surface area contributed by atoms with Gasteiger partial charge in [-0.05, 0) is 94.6 Å². The Balaban J connectivity index is 1.47. The molecule has 13 nitrogen and oxygen atoms in total. The minimum absolute atomic E-state index is 0.00598. The van der Waals surface area contributed by atoms with Gasteiger partial charge in [0.2, 0.25) is 0 Å². The Hall–Kier alpha value is -5.32. The fourth-order valence-corrected chi connectivity index (χ4v) is 11.1. The number of ether oxygens (including phenoxy) is 5. The monoisotopic (exact) mass is 890 g/mol. The second kappa shape index (κ2) is 19.8. The van der Waals surface area contributed by atoms with Crippen LogP contribution in [0.15, 0.2) is 119 Å². The Bertz CT molecular complexity index is 2430. The molecular weight excluding hydrogens is 832 g/mol. The van der Waals surface area contributed by atoms with E-state index in [-0.39, 0.29) is 37.6 Å². The highest BCUT2D eigenvalue weighted by molar-refractivity contribution is 7.44. The number of aryl methyl sites for hydroxylation is 2. The van der Waals surface area contributed by atoms with E-state index in [1.54, 1.807) is 27.3 Å². The van der Waals surface area contributed by atoms with E-state index in [1.165, 1.54) is 4.57 Å². The summed E-state index contributed by atoms with van der Waals surface area (Å²) in [6, 6.07) is 35.7. The van der Waals surface area contributed by atoms with Crippen LogP contribution < -0.4 is 25.5 Å². The van der Waals surface area contributed by atoms with Crippen molar-refractivity contribution in [1.29, 1.82) is 5.26 Å². The van der Waals surface area contributed by atoms with E-state index >= 15 is 0 Å². The lowest BCUT2D eigenvalue weighted by atomic mass is 9.79. The number of nitriles is 1. The van der Waals surface area contributed by atoms with Crippen LogP contribution in [0.3, 0.4) is 0 Å². The van der Waals surface area contributed by atoms with Crippen molar-refractivity contribution in [3.63, 3.8) is 0 Å². The van der Waals surface area contributed by atoms with Crippen molar-refractivity contribution >= 4 is 8.53 Å². The highest BCUT2D eigenvalue weighted by Gasteiger charge is 2.72. The number of rotatable bonds is 19. The van der Waals surface area contributed by atoms with Crippen molar-refractivity contribution in [2.24, 2.45) is 11.8 Å². The molecule has 0 amide bonds. The van der Waals surface area contributed by atoms with E-state index in [1.807, 2.05) is 110 Å². The van der Waals surface area contributed by atoms with E-state index in [4.69, 9.17) is 32.7 Å². The summed E-state index contributed by atoms with van der Waals surface area (Å²) in [7, 11) is 1.42. The zero-order valence-electron chi connectivity index (χ0n) is 38.0. The number of benzene rings is 4. The summed E-state index contributed by atoms with van der Waals surface area (Å²) in [5, 5.41) is 9.60. The third kappa shape index (κ3) is 9.01. The zero-order chi connectivity index (χ0) is 45.8. The summed E-state index contributed by atoms with van der Waals surface area (Å²) in [4.78, 5) is 29.2.